The molecule has 0 bridgehead atoms. The van der Waals surface area contributed by atoms with Gasteiger partial charge in [0.15, 0.2) is 0 Å². The fourth-order valence-corrected chi connectivity index (χ4v) is 2.41. The maximum absolute atomic E-state index is 9.35. The van der Waals surface area contributed by atoms with Gasteiger partial charge in [-0.1, -0.05) is 18.2 Å². The van der Waals surface area contributed by atoms with E-state index in [1.54, 1.807) is 0 Å². The van der Waals surface area contributed by atoms with E-state index in [1.807, 2.05) is 41.9 Å². The van der Waals surface area contributed by atoms with E-state index >= 15 is 0 Å². The highest BCUT2D eigenvalue weighted by Gasteiger charge is 2.18. The second-order valence-electron chi connectivity index (χ2n) is 4.25. The molecule has 0 aliphatic carbocycles. The molecule has 0 fully saturated rings. The Hall–Kier alpha value is -3.05. The van der Waals surface area contributed by atoms with Gasteiger partial charge in [0, 0.05) is 17.8 Å². The summed E-state index contributed by atoms with van der Waals surface area (Å²) in [4.78, 5) is 4.26. The smallest absolute Gasteiger partial charge is 0.145 e. The Balaban J connectivity index is 2.71. The maximum atomic E-state index is 9.35. The first kappa shape index (κ1) is 11.1. The monoisotopic (exact) mass is 247 g/mol. The molecule has 2 heterocycles. The molecule has 0 unspecified atom stereocenters. The third kappa shape index (κ3) is 1.30. The van der Waals surface area contributed by atoms with Gasteiger partial charge < -0.3 is 10.3 Å². The Bertz CT molecular complexity index is 906. The molecule has 19 heavy (non-hydrogen) atoms. The van der Waals surface area contributed by atoms with Crippen LogP contribution in [0.15, 0.2) is 24.3 Å². The van der Waals surface area contributed by atoms with Gasteiger partial charge in [0.1, 0.15) is 29.2 Å². The SMILES string of the molecule is Cn1c2ccccc2c2c(C#N)c(C#N)c(N)nc21. The molecule has 1 aromatic carbocycles. The van der Waals surface area contributed by atoms with Crippen LogP contribution in [0.25, 0.3) is 21.9 Å². The van der Waals surface area contributed by atoms with Gasteiger partial charge in [0.2, 0.25) is 0 Å². The number of nitrogens with zero attached hydrogens (tertiary/aromatic N) is 4. The summed E-state index contributed by atoms with van der Waals surface area (Å²) in [6.45, 7) is 0. The highest BCUT2D eigenvalue weighted by atomic mass is 15.0. The van der Waals surface area contributed by atoms with Crippen LogP contribution in [0, 0.1) is 22.7 Å². The molecule has 2 aromatic heterocycles. The molecule has 0 atom stereocenters. The lowest BCUT2D eigenvalue weighted by Gasteiger charge is -2.02. The van der Waals surface area contributed by atoms with Crippen LogP contribution in [0.4, 0.5) is 5.82 Å². The zero-order valence-corrected chi connectivity index (χ0v) is 10.2. The fraction of sp³-hybridized carbons (Fsp3) is 0.0714. The summed E-state index contributed by atoms with van der Waals surface area (Å²) >= 11 is 0. The number of hydrogen-bond acceptors (Lipinski definition) is 4. The minimum atomic E-state index is 0.0949. The first-order chi connectivity index (χ1) is 9.19. The van der Waals surface area contributed by atoms with Crippen molar-refractivity contribution in [3.05, 3.63) is 35.4 Å². The van der Waals surface area contributed by atoms with Crippen LogP contribution in [0.1, 0.15) is 11.1 Å². The summed E-state index contributed by atoms with van der Waals surface area (Å²) in [5.41, 5.74) is 7.78. The second kappa shape index (κ2) is 3.72. The van der Waals surface area contributed by atoms with Crippen molar-refractivity contribution in [2.75, 3.05) is 5.73 Å². The van der Waals surface area contributed by atoms with E-state index in [4.69, 9.17) is 11.0 Å². The lowest BCUT2D eigenvalue weighted by Crippen LogP contribution is -2.00. The summed E-state index contributed by atoms with van der Waals surface area (Å²) < 4.78 is 1.88. The van der Waals surface area contributed by atoms with Crippen molar-refractivity contribution in [3.63, 3.8) is 0 Å². The average molecular weight is 247 g/mol. The van der Waals surface area contributed by atoms with Gasteiger partial charge in [-0.15, -0.1) is 0 Å². The van der Waals surface area contributed by atoms with Crippen LogP contribution in [-0.4, -0.2) is 9.55 Å². The molecular weight excluding hydrogens is 238 g/mol. The minimum Gasteiger partial charge on any atom is -0.382 e. The van der Waals surface area contributed by atoms with Gasteiger partial charge in [-0.2, -0.15) is 10.5 Å². The lowest BCUT2D eigenvalue weighted by atomic mass is 10.0. The molecule has 3 aromatic rings. The van der Waals surface area contributed by atoms with Crippen LogP contribution >= 0.6 is 0 Å². The second-order valence-corrected chi connectivity index (χ2v) is 4.25. The van der Waals surface area contributed by atoms with E-state index in [-0.39, 0.29) is 11.4 Å². The number of fused-ring (bicyclic) bond motifs is 3. The number of rotatable bonds is 0. The number of anilines is 1. The zero-order chi connectivity index (χ0) is 13.6. The molecule has 5 heteroatoms. The number of hydrogen-bond donors (Lipinski definition) is 1. The van der Waals surface area contributed by atoms with Crippen LogP contribution in [0.2, 0.25) is 0 Å². The quantitative estimate of drug-likeness (QED) is 0.658. The molecule has 0 aliphatic heterocycles. The summed E-state index contributed by atoms with van der Waals surface area (Å²) in [6.07, 6.45) is 0. The number of aromatic nitrogens is 2. The topological polar surface area (TPSA) is 91.4 Å². The highest BCUT2D eigenvalue weighted by molar-refractivity contribution is 6.10. The molecular formula is C14H9N5. The molecule has 0 aliphatic rings. The lowest BCUT2D eigenvalue weighted by molar-refractivity contribution is 0.990. The van der Waals surface area contributed by atoms with Crippen molar-refractivity contribution in [2.45, 2.75) is 0 Å². The molecule has 0 radical (unpaired) electrons. The van der Waals surface area contributed by atoms with Gasteiger partial charge in [-0.3, -0.25) is 0 Å². The van der Waals surface area contributed by atoms with Gasteiger partial charge in [0.25, 0.3) is 0 Å². The van der Waals surface area contributed by atoms with E-state index in [0.717, 1.165) is 10.9 Å². The predicted octanol–water partition coefficient (Wildman–Crippen LogP) is 2.05. The third-order valence-corrected chi connectivity index (χ3v) is 3.28. The maximum Gasteiger partial charge on any atom is 0.145 e. The molecule has 0 saturated carbocycles. The zero-order valence-electron chi connectivity index (χ0n) is 10.2. The van der Waals surface area contributed by atoms with E-state index in [9.17, 15) is 5.26 Å². The normalized spacial score (nSPS) is 10.5. The molecule has 0 spiro atoms. The number of pyridine rings is 1. The minimum absolute atomic E-state index is 0.0949. The summed E-state index contributed by atoms with van der Waals surface area (Å²) in [5.74, 6) is 0.0949. The Morgan fingerprint density at radius 3 is 2.53 bits per heavy atom. The predicted molar refractivity (Wildman–Crippen MR) is 72.1 cm³/mol. The standard InChI is InChI=1S/C14H9N5/c1-19-11-5-3-2-4-8(11)12-9(6-15)10(7-16)13(17)18-14(12)19/h2-5H,1H3,(H2,17,18). The Kier molecular flexibility index (Phi) is 2.17. The van der Waals surface area contributed by atoms with Crippen LogP contribution in [-0.2, 0) is 7.05 Å². The van der Waals surface area contributed by atoms with Crippen LogP contribution in [0.3, 0.4) is 0 Å². The van der Waals surface area contributed by atoms with Gasteiger partial charge in [-0.25, -0.2) is 4.98 Å². The van der Waals surface area contributed by atoms with E-state index in [1.165, 1.54) is 0 Å². The average Bonchev–Trinajstić information content (AvgIpc) is 2.71. The number of nitrogens with two attached hydrogens (primary N) is 1. The number of nitrogen functional groups attached to an aromatic ring is 1. The fourth-order valence-electron chi connectivity index (χ4n) is 2.41. The largest absolute Gasteiger partial charge is 0.382 e. The Labute approximate surface area is 109 Å². The molecule has 0 amide bonds. The van der Waals surface area contributed by atoms with Gasteiger partial charge in [0.05, 0.1) is 11.1 Å². The Morgan fingerprint density at radius 2 is 1.84 bits per heavy atom. The van der Waals surface area contributed by atoms with E-state index < -0.39 is 0 Å². The Morgan fingerprint density at radius 1 is 1.16 bits per heavy atom. The third-order valence-electron chi connectivity index (χ3n) is 3.28. The summed E-state index contributed by atoms with van der Waals surface area (Å²) in [6, 6.07) is 11.7. The van der Waals surface area contributed by atoms with Gasteiger partial charge >= 0.3 is 0 Å². The number of nitriles is 2. The number of para-hydroxylation sites is 1. The molecule has 0 saturated heterocycles. The van der Waals surface area contributed by atoms with Crippen molar-refractivity contribution in [3.8, 4) is 12.1 Å². The summed E-state index contributed by atoms with van der Waals surface area (Å²) in [5, 5.41) is 20.1. The van der Waals surface area contributed by atoms with Crippen molar-refractivity contribution in [2.24, 2.45) is 7.05 Å². The highest BCUT2D eigenvalue weighted by Crippen LogP contribution is 2.32. The van der Waals surface area contributed by atoms with Gasteiger partial charge in [-0.05, 0) is 6.07 Å². The van der Waals surface area contributed by atoms with Crippen molar-refractivity contribution < 1.29 is 0 Å². The number of benzene rings is 1. The molecule has 2 N–H and O–H groups in total. The van der Waals surface area contributed by atoms with Crippen molar-refractivity contribution in [1.29, 1.82) is 10.5 Å². The van der Waals surface area contributed by atoms with E-state index in [0.29, 0.717) is 16.6 Å². The van der Waals surface area contributed by atoms with Crippen LogP contribution < -0.4 is 5.73 Å². The number of aryl methyl sites for hydroxylation is 1. The summed E-state index contributed by atoms with van der Waals surface area (Å²) in [7, 11) is 1.87. The van der Waals surface area contributed by atoms with E-state index in [2.05, 4.69) is 11.1 Å². The van der Waals surface area contributed by atoms with Crippen LogP contribution in [0.5, 0.6) is 0 Å². The molecule has 3 rings (SSSR count). The van der Waals surface area contributed by atoms with Crippen molar-refractivity contribution in [1.82, 2.24) is 9.55 Å². The van der Waals surface area contributed by atoms with Crippen molar-refractivity contribution >= 4 is 27.8 Å². The first-order valence-electron chi connectivity index (χ1n) is 5.65. The first-order valence-corrected chi connectivity index (χ1v) is 5.65. The molecule has 90 valence electrons. The molecule has 5 nitrogen and oxygen atoms in total.